The predicted octanol–water partition coefficient (Wildman–Crippen LogP) is 0.307. The highest BCUT2D eigenvalue weighted by Gasteiger charge is 2.40. The van der Waals surface area contributed by atoms with E-state index in [0.717, 1.165) is 19.5 Å². The van der Waals surface area contributed by atoms with Crippen LogP contribution in [0.4, 0.5) is 0 Å². The summed E-state index contributed by atoms with van der Waals surface area (Å²) in [6, 6.07) is 0. The minimum atomic E-state index is -0.741. The first-order valence-corrected chi connectivity index (χ1v) is 5.67. The van der Waals surface area contributed by atoms with Gasteiger partial charge in [0.25, 0.3) is 0 Å². The molecular formula is C9H17NO3S. The van der Waals surface area contributed by atoms with Crippen molar-refractivity contribution in [3.8, 4) is 0 Å². The van der Waals surface area contributed by atoms with Crippen molar-refractivity contribution >= 4 is 17.7 Å². The summed E-state index contributed by atoms with van der Waals surface area (Å²) >= 11 is 1.68. The van der Waals surface area contributed by atoms with Gasteiger partial charge in [0.05, 0.1) is 11.2 Å². The van der Waals surface area contributed by atoms with Gasteiger partial charge in [-0.2, -0.15) is 0 Å². The molecular weight excluding hydrogens is 202 g/mol. The van der Waals surface area contributed by atoms with Crippen LogP contribution in [-0.2, 0) is 4.79 Å². The number of carboxylic acid groups (broad SMARTS) is 1. The van der Waals surface area contributed by atoms with E-state index in [1.54, 1.807) is 11.8 Å². The molecule has 5 heteroatoms. The molecule has 82 valence electrons. The van der Waals surface area contributed by atoms with Crippen LogP contribution in [0.2, 0.25) is 0 Å². The molecule has 1 fully saturated rings. The highest BCUT2D eigenvalue weighted by atomic mass is 32.2. The molecule has 1 atom stereocenters. The molecule has 4 nitrogen and oxygen atoms in total. The Morgan fingerprint density at radius 1 is 1.64 bits per heavy atom. The van der Waals surface area contributed by atoms with Gasteiger partial charge in [-0.15, -0.1) is 11.8 Å². The van der Waals surface area contributed by atoms with Crippen molar-refractivity contribution in [2.45, 2.75) is 29.8 Å². The number of hydrogen-bond donors (Lipinski definition) is 3. The molecule has 0 radical (unpaired) electrons. The van der Waals surface area contributed by atoms with Crippen LogP contribution in [0.1, 0.15) is 19.8 Å². The molecule has 0 spiro atoms. The van der Waals surface area contributed by atoms with Crippen LogP contribution >= 0.6 is 11.8 Å². The number of carboxylic acids is 1. The van der Waals surface area contributed by atoms with E-state index in [1.807, 2.05) is 6.92 Å². The van der Waals surface area contributed by atoms with Gasteiger partial charge in [-0.1, -0.05) is 6.92 Å². The molecule has 3 N–H and O–H groups in total. The zero-order valence-electron chi connectivity index (χ0n) is 8.32. The quantitative estimate of drug-likeness (QED) is 0.600. The second-order valence-corrected chi connectivity index (χ2v) is 5.70. The average Bonchev–Trinajstić information content (AvgIpc) is 1.99. The van der Waals surface area contributed by atoms with E-state index < -0.39 is 5.97 Å². The monoisotopic (exact) mass is 219 g/mol. The van der Waals surface area contributed by atoms with Gasteiger partial charge in [0.2, 0.25) is 0 Å². The standard InChI is InChI=1S/C9H17NO3S/c1-7(2-3-11)14-9(4-8(12)13)5-10-6-9/h7,10-11H,2-6H2,1H3,(H,12,13). The van der Waals surface area contributed by atoms with E-state index in [0.29, 0.717) is 5.25 Å². The van der Waals surface area contributed by atoms with Gasteiger partial charge in [0, 0.05) is 24.9 Å². The maximum absolute atomic E-state index is 10.7. The Morgan fingerprint density at radius 2 is 2.29 bits per heavy atom. The topological polar surface area (TPSA) is 69.6 Å². The number of nitrogens with one attached hydrogen (secondary N) is 1. The normalized spacial score (nSPS) is 21.3. The summed E-state index contributed by atoms with van der Waals surface area (Å²) in [4.78, 5) is 10.7. The van der Waals surface area contributed by atoms with Crippen molar-refractivity contribution in [1.29, 1.82) is 0 Å². The molecule has 1 heterocycles. The third-order valence-corrected chi connectivity index (χ3v) is 3.93. The lowest BCUT2D eigenvalue weighted by atomic mass is 9.98. The van der Waals surface area contributed by atoms with Crippen molar-refractivity contribution in [2.24, 2.45) is 0 Å². The zero-order chi connectivity index (χ0) is 10.6. The van der Waals surface area contributed by atoms with Crippen molar-refractivity contribution in [3.63, 3.8) is 0 Å². The van der Waals surface area contributed by atoms with Crippen molar-refractivity contribution in [2.75, 3.05) is 19.7 Å². The Kier molecular flexibility index (Phi) is 4.22. The minimum Gasteiger partial charge on any atom is -0.481 e. The first-order valence-electron chi connectivity index (χ1n) is 4.79. The number of aliphatic carboxylic acids is 1. The number of rotatable bonds is 6. The Morgan fingerprint density at radius 3 is 2.64 bits per heavy atom. The average molecular weight is 219 g/mol. The van der Waals surface area contributed by atoms with Crippen LogP contribution < -0.4 is 5.32 Å². The summed E-state index contributed by atoms with van der Waals surface area (Å²) in [7, 11) is 0. The number of aliphatic hydroxyl groups excluding tert-OH is 1. The fraction of sp³-hybridized carbons (Fsp3) is 0.889. The molecule has 14 heavy (non-hydrogen) atoms. The van der Waals surface area contributed by atoms with Crippen molar-refractivity contribution in [1.82, 2.24) is 5.32 Å². The Balaban J connectivity index is 2.40. The first-order chi connectivity index (χ1) is 6.58. The van der Waals surface area contributed by atoms with Crippen molar-refractivity contribution in [3.05, 3.63) is 0 Å². The molecule has 1 saturated heterocycles. The molecule has 0 saturated carbocycles. The highest BCUT2D eigenvalue weighted by molar-refractivity contribution is 8.01. The number of aliphatic hydroxyl groups is 1. The molecule has 0 aliphatic carbocycles. The lowest BCUT2D eigenvalue weighted by Gasteiger charge is -2.42. The van der Waals surface area contributed by atoms with Gasteiger partial charge >= 0.3 is 5.97 Å². The Hall–Kier alpha value is -0.260. The first kappa shape index (κ1) is 11.8. The lowest BCUT2D eigenvalue weighted by Crippen LogP contribution is -2.58. The van der Waals surface area contributed by atoms with E-state index >= 15 is 0 Å². The SMILES string of the molecule is CC(CCO)SC1(CC(=O)O)CNC1. The van der Waals surface area contributed by atoms with Gasteiger partial charge in [-0.3, -0.25) is 4.79 Å². The fourth-order valence-electron chi connectivity index (χ4n) is 1.60. The number of hydrogen-bond acceptors (Lipinski definition) is 4. The van der Waals surface area contributed by atoms with Crippen molar-refractivity contribution < 1.29 is 15.0 Å². The van der Waals surface area contributed by atoms with Crippen LogP contribution in [0.25, 0.3) is 0 Å². The van der Waals surface area contributed by atoms with E-state index in [1.165, 1.54) is 0 Å². The Labute approximate surface area is 88.1 Å². The van der Waals surface area contributed by atoms with Crippen LogP contribution in [0, 0.1) is 0 Å². The van der Waals surface area contributed by atoms with Gasteiger partial charge in [-0.05, 0) is 6.42 Å². The summed E-state index contributed by atoms with van der Waals surface area (Å²) in [5, 5.41) is 21.0. The maximum Gasteiger partial charge on any atom is 0.304 e. The molecule has 0 aromatic carbocycles. The highest BCUT2D eigenvalue weighted by Crippen LogP contribution is 2.37. The predicted molar refractivity (Wildman–Crippen MR) is 56.6 cm³/mol. The molecule has 0 aromatic rings. The van der Waals surface area contributed by atoms with E-state index in [9.17, 15) is 4.79 Å². The molecule has 1 rings (SSSR count). The Bertz CT molecular complexity index is 206. The summed E-state index contributed by atoms with van der Waals surface area (Å²) in [6.07, 6.45) is 0.937. The lowest BCUT2D eigenvalue weighted by molar-refractivity contribution is -0.138. The zero-order valence-corrected chi connectivity index (χ0v) is 9.14. The fourth-order valence-corrected chi connectivity index (χ4v) is 3.25. The maximum atomic E-state index is 10.7. The third kappa shape index (κ3) is 3.15. The minimum absolute atomic E-state index is 0.138. The van der Waals surface area contributed by atoms with E-state index in [-0.39, 0.29) is 17.8 Å². The van der Waals surface area contributed by atoms with Gasteiger partial charge in [-0.25, -0.2) is 0 Å². The summed E-state index contributed by atoms with van der Waals surface area (Å²) < 4.78 is -0.138. The largest absolute Gasteiger partial charge is 0.481 e. The van der Waals surface area contributed by atoms with E-state index in [4.69, 9.17) is 10.2 Å². The summed E-state index contributed by atoms with van der Waals surface area (Å²) in [5.41, 5.74) is 0. The summed E-state index contributed by atoms with van der Waals surface area (Å²) in [5.74, 6) is -0.741. The second kappa shape index (κ2) is 5.00. The molecule has 1 aliphatic rings. The number of carbonyl (C=O) groups is 1. The molecule has 1 aliphatic heterocycles. The van der Waals surface area contributed by atoms with Crippen LogP contribution in [0.15, 0.2) is 0 Å². The smallest absolute Gasteiger partial charge is 0.304 e. The molecule has 0 aromatic heterocycles. The molecule has 0 bridgehead atoms. The van der Waals surface area contributed by atoms with Crippen LogP contribution in [-0.4, -0.2) is 45.9 Å². The van der Waals surface area contributed by atoms with E-state index in [2.05, 4.69) is 5.32 Å². The molecule has 0 amide bonds. The van der Waals surface area contributed by atoms with Gasteiger partial charge in [0.1, 0.15) is 0 Å². The third-order valence-electron chi connectivity index (χ3n) is 2.35. The molecule has 1 unspecified atom stereocenters. The van der Waals surface area contributed by atoms with Crippen LogP contribution in [0.5, 0.6) is 0 Å². The van der Waals surface area contributed by atoms with Gasteiger partial charge in [0.15, 0.2) is 0 Å². The number of thioether (sulfide) groups is 1. The second-order valence-electron chi connectivity index (χ2n) is 3.80. The van der Waals surface area contributed by atoms with Crippen LogP contribution in [0.3, 0.4) is 0 Å². The van der Waals surface area contributed by atoms with Gasteiger partial charge < -0.3 is 15.5 Å². The summed E-state index contributed by atoms with van der Waals surface area (Å²) in [6.45, 7) is 3.73.